The molecule has 0 aliphatic carbocycles. The molecule has 0 bridgehead atoms. The van der Waals surface area contributed by atoms with E-state index < -0.39 is 0 Å². The second-order valence-corrected chi connectivity index (χ2v) is 3.28. The smallest absolute Gasteiger partial charge is 0.136 e. The molecule has 0 atom stereocenters. The van der Waals surface area contributed by atoms with Crippen LogP contribution in [0.3, 0.4) is 0 Å². The Labute approximate surface area is 80.7 Å². The molecule has 0 spiro atoms. The number of para-hydroxylation sites is 1. The van der Waals surface area contributed by atoms with E-state index in [-0.39, 0.29) is 0 Å². The average molecular weight is 184 g/mol. The maximum absolute atomic E-state index is 5.48. The monoisotopic (exact) mass is 184 g/mol. The first kappa shape index (κ1) is 7.50. The number of aryl methyl sites for hydroxylation is 1. The minimum atomic E-state index is 0.847. The van der Waals surface area contributed by atoms with Crippen molar-refractivity contribution in [3.05, 3.63) is 36.2 Å². The van der Waals surface area contributed by atoms with Crippen molar-refractivity contribution in [1.29, 1.82) is 0 Å². The SMILES string of the molecule is Cc1nnc2c3ccccc3occ1-2. The Balaban J connectivity index is 2.53. The molecule has 14 heavy (non-hydrogen) atoms. The number of fused-ring (bicyclic) bond motifs is 3. The molecule has 2 heterocycles. The van der Waals surface area contributed by atoms with Crippen molar-refractivity contribution in [3.8, 4) is 11.3 Å². The van der Waals surface area contributed by atoms with Gasteiger partial charge in [-0.25, -0.2) is 0 Å². The first-order chi connectivity index (χ1) is 6.86. The molecule has 0 unspecified atom stereocenters. The van der Waals surface area contributed by atoms with Crippen LogP contribution in [-0.2, 0) is 0 Å². The maximum Gasteiger partial charge on any atom is 0.136 e. The molecule has 0 saturated carbocycles. The van der Waals surface area contributed by atoms with Crippen LogP contribution in [0.15, 0.2) is 34.9 Å². The number of nitrogens with zero attached hydrogens (tertiary/aromatic N) is 2. The summed E-state index contributed by atoms with van der Waals surface area (Å²) in [5.41, 5.74) is 3.67. The second-order valence-electron chi connectivity index (χ2n) is 3.28. The highest BCUT2D eigenvalue weighted by atomic mass is 16.3. The Bertz CT molecular complexity index is 571. The standard InChI is InChI=1S/C11H8N2O/c1-7-9-6-14-10-5-3-2-4-8(10)11(9)13-12-7/h2-6H,1H3. The molecule has 1 aromatic rings. The highest BCUT2D eigenvalue weighted by Crippen LogP contribution is 2.30. The zero-order valence-electron chi connectivity index (χ0n) is 7.69. The molecule has 68 valence electrons. The van der Waals surface area contributed by atoms with Crippen LogP contribution in [-0.4, -0.2) is 10.2 Å². The summed E-state index contributed by atoms with van der Waals surface area (Å²) >= 11 is 0. The largest absolute Gasteiger partial charge is 0.464 e. The van der Waals surface area contributed by atoms with E-state index in [2.05, 4.69) is 10.2 Å². The number of hydrogen-bond acceptors (Lipinski definition) is 3. The summed E-state index contributed by atoms with van der Waals surface area (Å²) in [5.74, 6) is 0. The average Bonchev–Trinajstić information content (AvgIpc) is 2.61. The fourth-order valence-electron chi connectivity index (χ4n) is 1.63. The van der Waals surface area contributed by atoms with Crippen LogP contribution in [0.4, 0.5) is 0 Å². The molecule has 0 saturated heterocycles. The van der Waals surface area contributed by atoms with Crippen LogP contribution in [0.2, 0.25) is 0 Å². The van der Waals surface area contributed by atoms with E-state index in [1.165, 1.54) is 0 Å². The predicted molar refractivity (Wildman–Crippen MR) is 53.2 cm³/mol. The van der Waals surface area contributed by atoms with Crippen LogP contribution in [0.1, 0.15) is 5.69 Å². The van der Waals surface area contributed by atoms with E-state index in [9.17, 15) is 0 Å². The van der Waals surface area contributed by atoms with Crippen molar-refractivity contribution in [2.75, 3.05) is 0 Å². The number of hydrogen-bond donors (Lipinski definition) is 0. The van der Waals surface area contributed by atoms with E-state index >= 15 is 0 Å². The Hall–Kier alpha value is -1.90. The lowest BCUT2D eigenvalue weighted by molar-refractivity contribution is 0.605. The lowest BCUT2D eigenvalue weighted by atomic mass is 10.1. The topological polar surface area (TPSA) is 38.9 Å². The number of rotatable bonds is 0. The Kier molecular flexibility index (Phi) is 1.36. The molecule has 0 aromatic heterocycles. The molecule has 3 heteroatoms. The van der Waals surface area contributed by atoms with Crippen LogP contribution in [0.5, 0.6) is 0 Å². The third kappa shape index (κ3) is 0.865. The lowest BCUT2D eigenvalue weighted by Crippen LogP contribution is -1.81. The van der Waals surface area contributed by atoms with Crippen molar-refractivity contribution in [1.82, 2.24) is 10.2 Å². The summed E-state index contributed by atoms with van der Waals surface area (Å²) in [6.45, 7) is 1.93. The zero-order valence-corrected chi connectivity index (χ0v) is 7.69. The molecule has 3 rings (SSSR count). The summed E-state index contributed by atoms with van der Waals surface area (Å²) in [6, 6.07) is 7.84. The van der Waals surface area contributed by atoms with E-state index in [1.54, 1.807) is 6.26 Å². The van der Waals surface area contributed by atoms with Crippen LogP contribution in [0, 0.1) is 6.92 Å². The predicted octanol–water partition coefficient (Wildman–Crippen LogP) is 2.64. The summed E-state index contributed by atoms with van der Waals surface area (Å²) in [7, 11) is 0. The van der Waals surface area contributed by atoms with Gasteiger partial charge in [-0.05, 0) is 19.1 Å². The third-order valence-electron chi connectivity index (χ3n) is 2.39. The van der Waals surface area contributed by atoms with Crippen LogP contribution >= 0.6 is 0 Å². The summed E-state index contributed by atoms with van der Waals surface area (Å²) in [4.78, 5) is 0. The van der Waals surface area contributed by atoms with Crippen molar-refractivity contribution >= 4 is 11.0 Å². The first-order valence-corrected chi connectivity index (χ1v) is 4.45. The number of aromatic nitrogens is 2. The van der Waals surface area contributed by atoms with Gasteiger partial charge in [-0.2, -0.15) is 5.10 Å². The molecule has 0 N–H and O–H groups in total. The molecule has 0 amide bonds. The van der Waals surface area contributed by atoms with Gasteiger partial charge < -0.3 is 4.42 Å². The van der Waals surface area contributed by atoms with Gasteiger partial charge in [0.15, 0.2) is 0 Å². The highest BCUT2D eigenvalue weighted by molar-refractivity contribution is 5.92. The Morgan fingerprint density at radius 1 is 1.14 bits per heavy atom. The summed E-state index contributed by atoms with van der Waals surface area (Å²) < 4.78 is 5.48. The van der Waals surface area contributed by atoms with Gasteiger partial charge in [-0.3, -0.25) is 0 Å². The van der Waals surface area contributed by atoms with Gasteiger partial charge in [0.25, 0.3) is 0 Å². The van der Waals surface area contributed by atoms with Gasteiger partial charge in [0, 0.05) is 5.39 Å². The van der Waals surface area contributed by atoms with E-state index in [4.69, 9.17) is 4.42 Å². The lowest BCUT2D eigenvalue weighted by Gasteiger charge is -2.01. The maximum atomic E-state index is 5.48. The quantitative estimate of drug-likeness (QED) is 0.539. The normalized spacial score (nSPS) is 11.2. The first-order valence-electron chi connectivity index (χ1n) is 4.45. The Morgan fingerprint density at radius 2 is 2.00 bits per heavy atom. The Morgan fingerprint density at radius 3 is 2.93 bits per heavy atom. The molecule has 0 radical (unpaired) electrons. The molecule has 2 aliphatic heterocycles. The molecule has 2 aliphatic rings. The van der Waals surface area contributed by atoms with Gasteiger partial charge in [0.2, 0.25) is 0 Å². The second kappa shape index (κ2) is 2.54. The zero-order chi connectivity index (χ0) is 9.54. The molecule has 3 nitrogen and oxygen atoms in total. The molecular weight excluding hydrogens is 176 g/mol. The van der Waals surface area contributed by atoms with Gasteiger partial charge in [-0.15, -0.1) is 5.10 Å². The van der Waals surface area contributed by atoms with Crippen molar-refractivity contribution in [2.24, 2.45) is 0 Å². The van der Waals surface area contributed by atoms with Crippen molar-refractivity contribution in [3.63, 3.8) is 0 Å². The van der Waals surface area contributed by atoms with E-state index in [0.717, 1.165) is 27.9 Å². The molecule has 1 aromatic carbocycles. The minimum absolute atomic E-state index is 0.847. The van der Waals surface area contributed by atoms with Crippen molar-refractivity contribution in [2.45, 2.75) is 6.92 Å². The highest BCUT2D eigenvalue weighted by Gasteiger charge is 2.14. The number of benzene rings is 1. The van der Waals surface area contributed by atoms with Crippen molar-refractivity contribution < 1.29 is 4.42 Å². The molecule has 0 fully saturated rings. The fraction of sp³-hybridized carbons (Fsp3) is 0.0909. The van der Waals surface area contributed by atoms with E-state index in [0.29, 0.717) is 0 Å². The summed E-state index contributed by atoms with van der Waals surface area (Å²) in [6.07, 6.45) is 1.72. The minimum Gasteiger partial charge on any atom is -0.464 e. The van der Waals surface area contributed by atoms with Gasteiger partial charge in [0.1, 0.15) is 17.5 Å². The van der Waals surface area contributed by atoms with Crippen LogP contribution < -0.4 is 0 Å². The van der Waals surface area contributed by atoms with Gasteiger partial charge >= 0.3 is 0 Å². The third-order valence-corrected chi connectivity index (χ3v) is 2.39. The fourth-order valence-corrected chi connectivity index (χ4v) is 1.63. The van der Waals surface area contributed by atoms with Crippen LogP contribution in [0.25, 0.3) is 22.2 Å². The van der Waals surface area contributed by atoms with Gasteiger partial charge in [0.05, 0.1) is 11.3 Å². The summed E-state index contributed by atoms with van der Waals surface area (Å²) in [5, 5.41) is 9.19. The van der Waals surface area contributed by atoms with Gasteiger partial charge in [-0.1, -0.05) is 12.1 Å². The van der Waals surface area contributed by atoms with E-state index in [1.807, 2.05) is 31.2 Å². The molecular formula is C11H8N2O.